The summed E-state index contributed by atoms with van der Waals surface area (Å²) in [5.74, 6) is -0.0328. The molecular weight excluding hydrogens is 393 g/mol. The molecule has 2 rings (SSSR count). The van der Waals surface area contributed by atoms with E-state index in [1.54, 1.807) is 26.1 Å². The second-order valence-electron chi connectivity index (χ2n) is 8.10. The van der Waals surface area contributed by atoms with Crippen molar-refractivity contribution in [3.63, 3.8) is 0 Å². The van der Waals surface area contributed by atoms with Gasteiger partial charge in [0.2, 0.25) is 10.0 Å². The van der Waals surface area contributed by atoms with Crippen molar-refractivity contribution in [2.45, 2.75) is 45.6 Å². The monoisotopic (exact) mass is 427 g/mol. The summed E-state index contributed by atoms with van der Waals surface area (Å²) >= 11 is 0. The molecule has 0 radical (unpaired) electrons. The van der Waals surface area contributed by atoms with Crippen LogP contribution in [0.15, 0.2) is 23.2 Å². The lowest BCUT2D eigenvalue weighted by Crippen LogP contribution is -2.55. The van der Waals surface area contributed by atoms with Crippen LogP contribution in [-0.2, 0) is 10.0 Å². The van der Waals surface area contributed by atoms with Crippen LogP contribution < -0.4 is 15.4 Å². The summed E-state index contributed by atoms with van der Waals surface area (Å²) in [6.45, 7) is 9.13. The van der Waals surface area contributed by atoms with Crippen molar-refractivity contribution in [2.75, 3.05) is 43.7 Å². The summed E-state index contributed by atoms with van der Waals surface area (Å²) in [5, 5.41) is 6.32. The number of nitrogens with zero attached hydrogens (tertiary/aromatic N) is 2. The first kappa shape index (κ1) is 23.4. The van der Waals surface area contributed by atoms with E-state index in [1.807, 2.05) is 0 Å². The van der Waals surface area contributed by atoms with Crippen LogP contribution in [0.5, 0.6) is 0 Å². The van der Waals surface area contributed by atoms with Crippen LogP contribution in [0.3, 0.4) is 0 Å². The number of hydrogen-bond donors (Lipinski definition) is 3. The van der Waals surface area contributed by atoms with Gasteiger partial charge in [0.1, 0.15) is 5.82 Å². The molecular formula is C20H34FN5O2S. The van der Waals surface area contributed by atoms with E-state index >= 15 is 0 Å². The first-order chi connectivity index (χ1) is 13.6. The molecule has 7 nitrogen and oxygen atoms in total. The van der Waals surface area contributed by atoms with E-state index < -0.39 is 15.8 Å². The molecule has 0 atom stereocenters. The first-order valence-electron chi connectivity index (χ1n) is 10.1. The van der Waals surface area contributed by atoms with E-state index in [0.717, 1.165) is 13.1 Å². The number of guanidine groups is 1. The molecule has 0 bridgehead atoms. The topological polar surface area (TPSA) is 85.8 Å². The maximum Gasteiger partial charge on any atom is 0.234 e. The maximum absolute atomic E-state index is 13.6. The summed E-state index contributed by atoms with van der Waals surface area (Å²) in [6.07, 6.45) is 3.75. The fraction of sp³-hybridized carbons (Fsp3) is 0.650. The van der Waals surface area contributed by atoms with E-state index in [0.29, 0.717) is 18.1 Å². The van der Waals surface area contributed by atoms with E-state index in [-0.39, 0.29) is 23.5 Å². The van der Waals surface area contributed by atoms with Crippen LogP contribution in [0.1, 0.15) is 38.7 Å². The SMILES string of the molecule is CN=C(NCCS(=O)(=O)Nc1ccc(C)c(F)c1)NCC(C)(C)N1CCCCC1. The Kier molecular flexibility index (Phi) is 8.27. The lowest BCUT2D eigenvalue weighted by molar-refractivity contribution is 0.0982. The predicted octanol–water partition coefficient (Wildman–Crippen LogP) is 2.31. The van der Waals surface area contributed by atoms with Crippen molar-refractivity contribution in [3.05, 3.63) is 29.6 Å². The number of aliphatic imine (C=N–C) groups is 1. The Labute approximate surface area is 174 Å². The highest BCUT2D eigenvalue weighted by Gasteiger charge is 2.27. The molecule has 0 unspecified atom stereocenters. The zero-order chi connectivity index (χ0) is 21.5. The second kappa shape index (κ2) is 10.2. The van der Waals surface area contributed by atoms with Crippen LogP contribution in [0.25, 0.3) is 0 Å². The van der Waals surface area contributed by atoms with Gasteiger partial charge in [-0.2, -0.15) is 0 Å². The second-order valence-corrected chi connectivity index (χ2v) is 9.94. The van der Waals surface area contributed by atoms with Crippen LogP contribution in [0.2, 0.25) is 0 Å². The number of anilines is 1. The molecule has 0 spiro atoms. The quantitative estimate of drug-likeness (QED) is 0.438. The van der Waals surface area contributed by atoms with Gasteiger partial charge in [0.15, 0.2) is 5.96 Å². The highest BCUT2D eigenvalue weighted by molar-refractivity contribution is 7.92. The number of likely N-dealkylation sites (tertiary alicyclic amines) is 1. The van der Waals surface area contributed by atoms with Gasteiger partial charge in [0, 0.05) is 25.7 Å². The number of benzene rings is 1. The molecule has 0 aliphatic carbocycles. The lowest BCUT2D eigenvalue weighted by atomic mass is 9.98. The number of aryl methyl sites for hydroxylation is 1. The average Bonchev–Trinajstić information content (AvgIpc) is 2.68. The molecule has 9 heteroatoms. The Morgan fingerprint density at radius 2 is 1.90 bits per heavy atom. The zero-order valence-electron chi connectivity index (χ0n) is 17.9. The van der Waals surface area contributed by atoms with Crippen LogP contribution >= 0.6 is 0 Å². The Morgan fingerprint density at radius 1 is 1.21 bits per heavy atom. The summed E-state index contributed by atoms with van der Waals surface area (Å²) in [4.78, 5) is 6.65. The van der Waals surface area contributed by atoms with E-state index in [9.17, 15) is 12.8 Å². The molecule has 1 aliphatic heterocycles. The van der Waals surface area contributed by atoms with Gasteiger partial charge >= 0.3 is 0 Å². The molecule has 1 saturated heterocycles. The Hall–Kier alpha value is -1.87. The lowest BCUT2D eigenvalue weighted by Gasteiger charge is -2.41. The fourth-order valence-electron chi connectivity index (χ4n) is 3.32. The van der Waals surface area contributed by atoms with Crippen LogP contribution in [0.4, 0.5) is 10.1 Å². The summed E-state index contributed by atoms with van der Waals surface area (Å²) in [5.41, 5.74) is 0.678. The highest BCUT2D eigenvalue weighted by atomic mass is 32.2. The molecule has 0 saturated carbocycles. The van der Waals surface area contributed by atoms with E-state index in [4.69, 9.17) is 0 Å². The smallest absolute Gasteiger partial charge is 0.234 e. The molecule has 0 amide bonds. The van der Waals surface area contributed by atoms with Gasteiger partial charge in [0.25, 0.3) is 0 Å². The third-order valence-electron chi connectivity index (χ3n) is 5.23. The molecule has 29 heavy (non-hydrogen) atoms. The normalized spacial score (nSPS) is 16.5. The maximum atomic E-state index is 13.6. The minimum atomic E-state index is -3.60. The molecule has 1 fully saturated rings. The van der Waals surface area contributed by atoms with Crippen molar-refractivity contribution in [1.29, 1.82) is 0 Å². The Balaban J connectivity index is 1.80. The van der Waals surface area contributed by atoms with Crippen molar-refractivity contribution in [1.82, 2.24) is 15.5 Å². The van der Waals surface area contributed by atoms with Gasteiger partial charge in [-0.3, -0.25) is 14.6 Å². The molecule has 1 heterocycles. The van der Waals surface area contributed by atoms with Crippen molar-refractivity contribution in [2.24, 2.45) is 4.99 Å². The third-order valence-corrected chi connectivity index (χ3v) is 6.52. The number of hydrogen-bond acceptors (Lipinski definition) is 4. The third kappa shape index (κ3) is 7.47. The number of piperidine rings is 1. The standard InChI is InChI=1S/C20H34FN5O2S/c1-16-8-9-17(14-18(16)21)25-29(27,28)13-10-23-19(22-4)24-15-20(2,3)26-11-6-5-7-12-26/h8-9,14,25H,5-7,10-13,15H2,1-4H3,(H2,22,23,24). The minimum Gasteiger partial charge on any atom is -0.355 e. The fourth-order valence-corrected chi connectivity index (χ4v) is 4.28. The molecule has 3 N–H and O–H groups in total. The molecule has 1 aromatic rings. The van der Waals surface area contributed by atoms with Gasteiger partial charge in [-0.25, -0.2) is 12.8 Å². The van der Waals surface area contributed by atoms with Crippen LogP contribution in [0, 0.1) is 12.7 Å². The molecule has 0 aromatic heterocycles. The summed E-state index contributed by atoms with van der Waals surface area (Å²) in [6, 6.07) is 4.28. The Morgan fingerprint density at radius 3 is 2.52 bits per heavy atom. The number of nitrogens with one attached hydrogen (secondary N) is 3. The molecule has 1 aromatic carbocycles. The largest absolute Gasteiger partial charge is 0.355 e. The Bertz CT molecular complexity index is 805. The van der Waals surface area contributed by atoms with Crippen LogP contribution in [-0.4, -0.2) is 63.8 Å². The van der Waals surface area contributed by atoms with Gasteiger partial charge in [-0.15, -0.1) is 0 Å². The number of rotatable bonds is 8. The van der Waals surface area contributed by atoms with E-state index in [2.05, 4.69) is 39.1 Å². The van der Waals surface area contributed by atoms with Gasteiger partial charge < -0.3 is 10.6 Å². The first-order valence-corrected chi connectivity index (χ1v) is 11.7. The van der Waals surface area contributed by atoms with Crippen molar-refractivity contribution in [3.8, 4) is 0 Å². The highest BCUT2D eigenvalue weighted by Crippen LogP contribution is 2.19. The summed E-state index contributed by atoms with van der Waals surface area (Å²) in [7, 11) is -1.94. The minimum absolute atomic E-state index is 0.0127. The predicted molar refractivity (Wildman–Crippen MR) is 117 cm³/mol. The van der Waals surface area contributed by atoms with Gasteiger partial charge in [0.05, 0.1) is 11.4 Å². The van der Waals surface area contributed by atoms with Gasteiger partial charge in [-0.05, 0) is 64.4 Å². The number of halogens is 1. The average molecular weight is 428 g/mol. The van der Waals surface area contributed by atoms with Crippen molar-refractivity contribution >= 4 is 21.7 Å². The zero-order valence-corrected chi connectivity index (χ0v) is 18.7. The summed E-state index contributed by atoms with van der Waals surface area (Å²) < 4.78 is 40.5. The van der Waals surface area contributed by atoms with Crippen molar-refractivity contribution < 1.29 is 12.8 Å². The molecule has 1 aliphatic rings. The molecule has 164 valence electrons. The number of sulfonamides is 1. The van der Waals surface area contributed by atoms with Gasteiger partial charge in [-0.1, -0.05) is 12.5 Å². The van der Waals surface area contributed by atoms with E-state index in [1.165, 1.54) is 25.3 Å².